The Balaban J connectivity index is 2.17. The molecule has 0 unspecified atom stereocenters. The zero-order valence-corrected chi connectivity index (χ0v) is 12.5. The normalized spacial score (nSPS) is 17.0. The van der Waals surface area contributed by atoms with E-state index in [1.54, 1.807) is 21.3 Å². The molecule has 5 nitrogen and oxygen atoms in total. The lowest BCUT2D eigenvalue weighted by Crippen LogP contribution is -2.39. The van der Waals surface area contributed by atoms with Crippen LogP contribution in [-0.4, -0.2) is 45.4 Å². The summed E-state index contributed by atoms with van der Waals surface area (Å²) in [5.74, 6) is 2.25. The van der Waals surface area contributed by atoms with Crippen LogP contribution in [0.5, 0.6) is 17.2 Å². The number of likely N-dealkylation sites (tertiary alicyclic amines) is 1. The van der Waals surface area contributed by atoms with E-state index >= 15 is 0 Å². The zero-order valence-electron chi connectivity index (χ0n) is 12.5. The molecule has 20 heavy (non-hydrogen) atoms. The number of nitrogens with two attached hydrogens (primary N) is 1. The van der Waals surface area contributed by atoms with E-state index in [4.69, 9.17) is 19.9 Å². The third-order valence-corrected chi connectivity index (χ3v) is 3.81. The Morgan fingerprint density at radius 3 is 2.10 bits per heavy atom. The van der Waals surface area contributed by atoms with Crippen molar-refractivity contribution < 1.29 is 14.2 Å². The first-order valence-corrected chi connectivity index (χ1v) is 6.94. The second-order valence-electron chi connectivity index (χ2n) is 5.13. The Morgan fingerprint density at radius 2 is 1.55 bits per heavy atom. The van der Waals surface area contributed by atoms with Crippen molar-refractivity contribution in [2.45, 2.75) is 25.4 Å². The summed E-state index contributed by atoms with van der Waals surface area (Å²) in [6, 6.07) is 4.22. The highest BCUT2D eigenvalue weighted by Crippen LogP contribution is 2.35. The summed E-state index contributed by atoms with van der Waals surface area (Å²) in [6.45, 7) is 2.90. The molecule has 2 N–H and O–H groups in total. The fraction of sp³-hybridized carbons (Fsp3) is 0.600. The van der Waals surface area contributed by atoms with Crippen LogP contribution in [0.25, 0.3) is 0 Å². The molecular weight excluding hydrogens is 256 g/mol. The number of rotatable bonds is 5. The average molecular weight is 280 g/mol. The summed E-state index contributed by atoms with van der Waals surface area (Å²) < 4.78 is 16.1. The minimum absolute atomic E-state index is 0.346. The Bertz CT molecular complexity index is 443. The lowest BCUT2D eigenvalue weighted by atomic mass is 10.0. The smallest absolute Gasteiger partial charge is 0.164 e. The Morgan fingerprint density at radius 1 is 1.00 bits per heavy atom. The first-order chi connectivity index (χ1) is 9.67. The van der Waals surface area contributed by atoms with E-state index in [0.29, 0.717) is 11.8 Å². The van der Waals surface area contributed by atoms with Crippen LogP contribution in [0.2, 0.25) is 0 Å². The molecule has 0 amide bonds. The van der Waals surface area contributed by atoms with Gasteiger partial charge in [0.05, 0.1) is 21.3 Å². The van der Waals surface area contributed by atoms with Crippen molar-refractivity contribution in [2.24, 2.45) is 5.73 Å². The van der Waals surface area contributed by atoms with Crippen molar-refractivity contribution in [2.75, 3.05) is 34.4 Å². The van der Waals surface area contributed by atoms with E-state index in [-0.39, 0.29) is 0 Å². The molecule has 0 saturated carbocycles. The Kier molecular flexibility index (Phi) is 5.09. The molecule has 0 bridgehead atoms. The SMILES string of the molecule is COc1cc(OC)c(OC)cc1CN1CCC(N)CC1. The number of ether oxygens (including phenoxy) is 3. The second-order valence-corrected chi connectivity index (χ2v) is 5.13. The molecule has 1 aromatic carbocycles. The number of benzene rings is 1. The molecule has 1 saturated heterocycles. The summed E-state index contributed by atoms with van der Waals surface area (Å²) in [6.07, 6.45) is 2.10. The topological polar surface area (TPSA) is 57.0 Å². The highest BCUT2D eigenvalue weighted by Gasteiger charge is 2.19. The van der Waals surface area contributed by atoms with Crippen LogP contribution in [0.1, 0.15) is 18.4 Å². The van der Waals surface area contributed by atoms with Crippen molar-refractivity contribution in [3.8, 4) is 17.2 Å². The van der Waals surface area contributed by atoms with Crippen molar-refractivity contribution in [1.29, 1.82) is 0 Å². The number of methoxy groups -OCH3 is 3. The van der Waals surface area contributed by atoms with Gasteiger partial charge in [0.1, 0.15) is 5.75 Å². The summed E-state index contributed by atoms with van der Waals surface area (Å²) in [5.41, 5.74) is 7.05. The summed E-state index contributed by atoms with van der Waals surface area (Å²) in [4.78, 5) is 2.40. The molecular formula is C15H24N2O3. The lowest BCUT2D eigenvalue weighted by Gasteiger charge is -2.30. The van der Waals surface area contributed by atoms with Gasteiger partial charge in [-0.1, -0.05) is 0 Å². The number of nitrogens with zero attached hydrogens (tertiary/aromatic N) is 1. The maximum absolute atomic E-state index is 5.94. The molecule has 112 valence electrons. The Hall–Kier alpha value is -1.46. The van der Waals surface area contributed by atoms with Gasteiger partial charge in [0.2, 0.25) is 0 Å². The van der Waals surface area contributed by atoms with Crippen LogP contribution in [0.4, 0.5) is 0 Å². The monoisotopic (exact) mass is 280 g/mol. The summed E-state index contributed by atoms with van der Waals surface area (Å²) in [7, 11) is 4.95. The standard InChI is InChI=1S/C15H24N2O3/c1-18-13-9-15(20-3)14(19-2)8-11(13)10-17-6-4-12(16)5-7-17/h8-9,12H,4-7,10,16H2,1-3H3. The highest BCUT2D eigenvalue weighted by molar-refractivity contribution is 5.50. The van der Waals surface area contributed by atoms with Crippen molar-refractivity contribution in [3.63, 3.8) is 0 Å². The van der Waals surface area contributed by atoms with Gasteiger partial charge in [0.15, 0.2) is 11.5 Å². The molecule has 1 fully saturated rings. The third-order valence-electron chi connectivity index (χ3n) is 3.81. The first-order valence-electron chi connectivity index (χ1n) is 6.94. The summed E-state index contributed by atoms with van der Waals surface area (Å²) in [5, 5.41) is 0. The molecule has 0 spiro atoms. The fourth-order valence-electron chi connectivity index (χ4n) is 2.57. The molecule has 0 aliphatic carbocycles. The van der Waals surface area contributed by atoms with Crippen LogP contribution >= 0.6 is 0 Å². The number of hydrogen-bond acceptors (Lipinski definition) is 5. The maximum atomic E-state index is 5.94. The van der Waals surface area contributed by atoms with Gasteiger partial charge in [0.25, 0.3) is 0 Å². The number of piperidine rings is 1. The summed E-state index contributed by atoms with van der Waals surface area (Å²) >= 11 is 0. The van der Waals surface area contributed by atoms with Crippen molar-refractivity contribution in [3.05, 3.63) is 17.7 Å². The van der Waals surface area contributed by atoms with Crippen LogP contribution in [0.15, 0.2) is 12.1 Å². The second kappa shape index (κ2) is 6.81. The van der Waals surface area contributed by atoms with Crippen molar-refractivity contribution >= 4 is 0 Å². The van der Waals surface area contributed by atoms with Crippen molar-refractivity contribution in [1.82, 2.24) is 4.90 Å². The quantitative estimate of drug-likeness (QED) is 0.888. The van der Waals surface area contributed by atoms with Crippen LogP contribution in [-0.2, 0) is 6.54 Å². The minimum atomic E-state index is 0.346. The number of hydrogen-bond donors (Lipinski definition) is 1. The highest BCUT2D eigenvalue weighted by atomic mass is 16.5. The molecule has 1 heterocycles. The zero-order chi connectivity index (χ0) is 14.5. The molecule has 2 rings (SSSR count). The predicted octanol–water partition coefficient (Wildman–Crippen LogP) is 1.64. The molecule has 1 aromatic rings. The van der Waals surface area contributed by atoms with Crippen LogP contribution in [0, 0.1) is 0 Å². The minimum Gasteiger partial charge on any atom is -0.496 e. The van der Waals surface area contributed by atoms with E-state index in [1.807, 2.05) is 12.1 Å². The molecule has 5 heteroatoms. The average Bonchev–Trinajstić information content (AvgIpc) is 2.49. The van der Waals surface area contributed by atoms with Gasteiger partial charge in [-0.25, -0.2) is 0 Å². The largest absolute Gasteiger partial charge is 0.496 e. The molecule has 0 aromatic heterocycles. The molecule has 0 atom stereocenters. The van der Waals surface area contributed by atoms with Gasteiger partial charge in [-0.15, -0.1) is 0 Å². The predicted molar refractivity (Wildman–Crippen MR) is 78.6 cm³/mol. The van der Waals surface area contributed by atoms with E-state index in [9.17, 15) is 0 Å². The fourth-order valence-corrected chi connectivity index (χ4v) is 2.57. The van der Waals surface area contributed by atoms with Crippen LogP contribution < -0.4 is 19.9 Å². The van der Waals surface area contributed by atoms with E-state index in [2.05, 4.69) is 4.90 Å². The molecule has 1 aliphatic rings. The van der Waals surface area contributed by atoms with Gasteiger partial charge in [-0.3, -0.25) is 4.90 Å². The van der Waals surface area contributed by atoms with E-state index in [1.165, 1.54) is 0 Å². The van der Waals surface area contributed by atoms with Gasteiger partial charge < -0.3 is 19.9 Å². The maximum Gasteiger partial charge on any atom is 0.164 e. The molecule has 0 radical (unpaired) electrons. The van der Waals surface area contributed by atoms with Gasteiger partial charge in [0, 0.05) is 24.2 Å². The lowest BCUT2D eigenvalue weighted by molar-refractivity contribution is 0.203. The Labute approximate surface area is 120 Å². The molecule has 1 aliphatic heterocycles. The van der Waals surface area contributed by atoms with Gasteiger partial charge in [-0.2, -0.15) is 0 Å². The van der Waals surface area contributed by atoms with Gasteiger partial charge >= 0.3 is 0 Å². The first kappa shape index (κ1) is 14.9. The third kappa shape index (κ3) is 3.35. The van der Waals surface area contributed by atoms with E-state index < -0.39 is 0 Å². The van der Waals surface area contributed by atoms with Crippen LogP contribution in [0.3, 0.4) is 0 Å². The van der Waals surface area contributed by atoms with E-state index in [0.717, 1.165) is 49.5 Å². The van der Waals surface area contributed by atoms with Gasteiger partial charge in [-0.05, 0) is 32.0 Å².